The predicted molar refractivity (Wildman–Crippen MR) is 70.2 cm³/mol. The highest BCUT2D eigenvalue weighted by Crippen LogP contribution is 2.26. The molecule has 6 heteroatoms. The minimum atomic E-state index is -0.697. The molecule has 1 aliphatic carbocycles. The van der Waals surface area contributed by atoms with E-state index in [0.717, 1.165) is 25.3 Å². The number of aliphatic hydroxyl groups excluding tert-OH is 1. The maximum absolute atomic E-state index is 13.6. The van der Waals surface area contributed by atoms with E-state index in [0.29, 0.717) is 19.0 Å². The maximum Gasteiger partial charge on any atom is 0.168 e. The van der Waals surface area contributed by atoms with Gasteiger partial charge in [-0.2, -0.15) is 0 Å². The molecule has 0 radical (unpaired) electrons. The number of nitrogens with one attached hydrogen (secondary N) is 2. The quantitative estimate of drug-likeness (QED) is 0.769. The molecule has 0 spiro atoms. The van der Waals surface area contributed by atoms with E-state index in [2.05, 4.69) is 15.6 Å². The molecule has 2 atom stereocenters. The molecule has 0 bridgehead atoms. The third-order valence-corrected chi connectivity index (χ3v) is 3.35. The van der Waals surface area contributed by atoms with Crippen LogP contribution in [0.5, 0.6) is 0 Å². The summed E-state index contributed by atoms with van der Waals surface area (Å²) in [6.07, 6.45) is 2.16. The van der Waals surface area contributed by atoms with E-state index in [1.165, 1.54) is 0 Å². The van der Waals surface area contributed by atoms with Crippen LogP contribution >= 0.6 is 0 Å². The van der Waals surface area contributed by atoms with Gasteiger partial charge in [0, 0.05) is 19.2 Å². The summed E-state index contributed by atoms with van der Waals surface area (Å²) >= 11 is 0. The largest absolute Gasteiger partial charge is 0.393 e. The van der Waals surface area contributed by atoms with Gasteiger partial charge in [-0.25, -0.2) is 13.8 Å². The zero-order valence-corrected chi connectivity index (χ0v) is 10.9. The molecule has 0 aromatic carbocycles. The molecule has 1 aromatic rings. The number of aromatic nitrogens is 1. The second kappa shape index (κ2) is 6.14. The minimum Gasteiger partial charge on any atom is -0.393 e. The number of aliphatic hydroxyl groups is 1. The molecule has 0 amide bonds. The van der Waals surface area contributed by atoms with Crippen molar-refractivity contribution in [3.05, 3.63) is 17.7 Å². The van der Waals surface area contributed by atoms with Crippen LogP contribution in [0.15, 0.2) is 6.07 Å². The number of pyridine rings is 1. The van der Waals surface area contributed by atoms with E-state index in [-0.39, 0.29) is 17.7 Å². The van der Waals surface area contributed by atoms with Crippen LogP contribution in [0.3, 0.4) is 0 Å². The van der Waals surface area contributed by atoms with Crippen LogP contribution in [-0.4, -0.2) is 29.3 Å². The lowest BCUT2D eigenvalue weighted by molar-refractivity contribution is 0.178. The van der Waals surface area contributed by atoms with E-state index >= 15 is 0 Å². The van der Waals surface area contributed by atoms with Gasteiger partial charge in [-0.05, 0) is 32.1 Å². The zero-order chi connectivity index (χ0) is 13.8. The average Bonchev–Trinajstić information content (AvgIpc) is 2.77. The second-order valence-electron chi connectivity index (χ2n) is 4.89. The topological polar surface area (TPSA) is 57.2 Å². The molecule has 0 saturated heterocycles. The van der Waals surface area contributed by atoms with E-state index in [1.807, 2.05) is 6.92 Å². The van der Waals surface area contributed by atoms with Crippen molar-refractivity contribution in [2.24, 2.45) is 5.92 Å². The first-order valence-electron chi connectivity index (χ1n) is 6.62. The molecule has 0 aliphatic heterocycles. The van der Waals surface area contributed by atoms with Crippen LogP contribution in [0.4, 0.5) is 20.4 Å². The van der Waals surface area contributed by atoms with Gasteiger partial charge in [-0.3, -0.25) is 0 Å². The van der Waals surface area contributed by atoms with Gasteiger partial charge >= 0.3 is 0 Å². The van der Waals surface area contributed by atoms with Crippen LogP contribution in [0.2, 0.25) is 0 Å². The highest BCUT2D eigenvalue weighted by molar-refractivity contribution is 5.47. The van der Waals surface area contributed by atoms with Crippen molar-refractivity contribution in [1.29, 1.82) is 0 Å². The lowest BCUT2D eigenvalue weighted by Gasteiger charge is -2.13. The smallest absolute Gasteiger partial charge is 0.168 e. The van der Waals surface area contributed by atoms with Gasteiger partial charge in [-0.15, -0.1) is 0 Å². The van der Waals surface area contributed by atoms with Gasteiger partial charge in [0.15, 0.2) is 23.3 Å². The first-order valence-corrected chi connectivity index (χ1v) is 6.62. The summed E-state index contributed by atoms with van der Waals surface area (Å²) in [4.78, 5) is 3.91. The molecule has 106 valence electrons. The Morgan fingerprint density at radius 2 is 1.95 bits per heavy atom. The van der Waals surface area contributed by atoms with Gasteiger partial charge < -0.3 is 15.7 Å². The molecule has 1 heterocycles. The Morgan fingerprint density at radius 3 is 2.53 bits per heavy atom. The zero-order valence-electron chi connectivity index (χ0n) is 10.9. The van der Waals surface area contributed by atoms with Crippen LogP contribution in [0.25, 0.3) is 0 Å². The summed E-state index contributed by atoms with van der Waals surface area (Å²) in [5.41, 5.74) is 0. The molecule has 19 heavy (non-hydrogen) atoms. The molecule has 4 nitrogen and oxygen atoms in total. The van der Waals surface area contributed by atoms with Gasteiger partial charge in [0.05, 0.1) is 6.10 Å². The van der Waals surface area contributed by atoms with Gasteiger partial charge in [0.1, 0.15) is 0 Å². The Hall–Kier alpha value is -1.43. The van der Waals surface area contributed by atoms with Crippen molar-refractivity contribution in [2.45, 2.75) is 32.3 Å². The van der Waals surface area contributed by atoms with Crippen molar-refractivity contribution in [3.8, 4) is 0 Å². The van der Waals surface area contributed by atoms with Crippen molar-refractivity contribution in [3.63, 3.8) is 0 Å². The monoisotopic (exact) mass is 271 g/mol. The van der Waals surface area contributed by atoms with Crippen molar-refractivity contribution in [2.75, 3.05) is 23.7 Å². The Balaban J connectivity index is 2.00. The standard InChI is InChI=1S/C13H19F2N3O/c1-2-16-12-10(14)6-11(15)13(18-12)17-7-8-3-4-9(19)5-8/h6,8-9,19H,2-5,7H2,1H3,(H2,16,17,18). The third-order valence-electron chi connectivity index (χ3n) is 3.35. The fourth-order valence-electron chi connectivity index (χ4n) is 2.36. The number of halogens is 2. The average molecular weight is 271 g/mol. The highest BCUT2D eigenvalue weighted by Gasteiger charge is 2.23. The summed E-state index contributed by atoms with van der Waals surface area (Å²) in [6.45, 7) is 2.87. The summed E-state index contributed by atoms with van der Waals surface area (Å²) < 4.78 is 27.0. The Morgan fingerprint density at radius 1 is 1.26 bits per heavy atom. The van der Waals surface area contributed by atoms with Crippen molar-refractivity contribution >= 4 is 11.6 Å². The first-order chi connectivity index (χ1) is 9.10. The molecule has 2 unspecified atom stereocenters. The van der Waals surface area contributed by atoms with E-state index in [1.54, 1.807) is 0 Å². The van der Waals surface area contributed by atoms with Gasteiger partial charge in [-0.1, -0.05) is 0 Å². The van der Waals surface area contributed by atoms with Crippen molar-refractivity contribution < 1.29 is 13.9 Å². The number of rotatable bonds is 5. The summed E-state index contributed by atoms with van der Waals surface area (Å²) in [6, 6.07) is 0.830. The fraction of sp³-hybridized carbons (Fsp3) is 0.615. The lowest BCUT2D eigenvalue weighted by Crippen LogP contribution is -2.15. The lowest BCUT2D eigenvalue weighted by atomic mass is 10.1. The summed E-state index contributed by atoms with van der Waals surface area (Å²) in [7, 11) is 0. The maximum atomic E-state index is 13.6. The molecule has 2 rings (SSSR count). The van der Waals surface area contributed by atoms with Crippen LogP contribution < -0.4 is 10.6 Å². The second-order valence-corrected chi connectivity index (χ2v) is 4.89. The van der Waals surface area contributed by atoms with Crippen molar-refractivity contribution in [1.82, 2.24) is 4.98 Å². The molecule has 1 fully saturated rings. The van der Waals surface area contributed by atoms with Crippen LogP contribution in [0, 0.1) is 17.6 Å². The molecule has 1 aliphatic rings. The van der Waals surface area contributed by atoms with Gasteiger partial charge in [0.2, 0.25) is 0 Å². The number of nitrogens with zero attached hydrogens (tertiary/aromatic N) is 1. The molecular weight excluding hydrogens is 252 g/mol. The molecule has 3 N–H and O–H groups in total. The molecule has 1 aromatic heterocycles. The summed E-state index contributed by atoms with van der Waals surface area (Å²) in [5, 5.41) is 15.1. The molecular formula is C13H19F2N3O. The minimum absolute atomic E-state index is 0.0536. The third kappa shape index (κ3) is 3.53. The Kier molecular flexibility index (Phi) is 4.52. The Labute approximate surface area is 111 Å². The first kappa shape index (κ1) is 14.0. The van der Waals surface area contributed by atoms with Gasteiger partial charge in [0.25, 0.3) is 0 Å². The van der Waals surface area contributed by atoms with Crippen LogP contribution in [-0.2, 0) is 0 Å². The SMILES string of the molecule is CCNc1nc(NCC2CCC(O)C2)c(F)cc1F. The fourth-order valence-corrected chi connectivity index (χ4v) is 2.36. The van der Waals surface area contributed by atoms with E-state index < -0.39 is 11.6 Å². The highest BCUT2D eigenvalue weighted by atomic mass is 19.1. The van der Waals surface area contributed by atoms with E-state index in [4.69, 9.17) is 0 Å². The molecule has 1 saturated carbocycles. The number of hydrogen-bond donors (Lipinski definition) is 3. The van der Waals surface area contributed by atoms with E-state index in [9.17, 15) is 13.9 Å². The summed E-state index contributed by atoms with van der Waals surface area (Å²) in [5.74, 6) is -0.973. The number of hydrogen-bond acceptors (Lipinski definition) is 4. The van der Waals surface area contributed by atoms with Crippen LogP contribution in [0.1, 0.15) is 26.2 Å². The Bertz CT molecular complexity index is 442. The normalized spacial score (nSPS) is 22.5. The predicted octanol–water partition coefficient (Wildman–Crippen LogP) is 2.36. The number of anilines is 2.